The van der Waals surface area contributed by atoms with Crippen molar-refractivity contribution in [1.29, 1.82) is 0 Å². The van der Waals surface area contributed by atoms with E-state index in [0.717, 1.165) is 22.5 Å². The lowest BCUT2D eigenvalue weighted by Gasteiger charge is -2.15. The standard InChI is InChI=1S/C17H20BrNOS/c1-4-19-12(2)13-5-10-17(16(18)11-13)20-14-6-8-15(21-3)9-7-14/h5-12,19H,4H2,1-3H3. The third kappa shape index (κ3) is 4.50. The molecule has 1 atom stereocenters. The molecule has 0 radical (unpaired) electrons. The molecule has 0 saturated heterocycles. The van der Waals surface area contributed by atoms with Crippen molar-refractivity contribution < 1.29 is 4.74 Å². The van der Waals surface area contributed by atoms with Crippen LogP contribution in [0.5, 0.6) is 11.5 Å². The van der Waals surface area contributed by atoms with Crippen LogP contribution in [0, 0.1) is 0 Å². The van der Waals surface area contributed by atoms with Crippen molar-refractivity contribution >= 4 is 27.7 Å². The van der Waals surface area contributed by atoms with Gasteiger partial charge in [0.1, 0.15) is 11.5 Å². The zero-order valence-corrected chi connectivity index (χ0v) is 14.9. The van der Waals surface area contributed by atoms with Gasteiger partial charge in [-0.3, -0.25) is 0 Å². The van der Waals surface area contributed by atoms with E-state index in [4.69, 9.17) is 4.74 Å². The molecule has 1 unspecified atom stereocenters. The average molecular weight is 366 g/mol. The summed E-state index contributed by atoms with van der Waals surface area (Å²) in [7, 11) is 0. The van der Waals surface area contributed by atoms with Crippen molar-refractivity contribution in [2.45, 2.75) is 24.8 Å². The fourth-order valence-corrected chi connectivity index (χ4v) is 2.95. The van der Waals surface area contributed by atoms with Gasteiger partial charge in [-0.15, -0.1) is 11.8 Å². The van der Waals surface area contributed by atoms with Gasteiger partial charge in [-0.2, -0.15) is 0 Å². The Balaban J connectivity index is 2.13. The van der Waals surface area contributed by atoms with E-state index in [0.29, 0.717) is 6.04 Å². The van der Waals surface area contributed by atoms with Gasteiger partial charge in [0.05, 0.1) is 4.47 Å². The Morgan fingerprint density at radius 1 is 1.19 bits per heavy atom. The van der Waals surface area contributed by atoms with Crippen molar-refractivity contribution in [2.75, 3.05) is 12.8 Å². The van der Waals surface area contributed by atoms with Crippen LogP contribution < -0.4 is 10.1 Å². The highest BCUT2D eigenvalue weighted by Gasteiger charge is 2.08. The van der Waals surface area contributed by atoms with Crippen LogP contribution in [0.3, 0.4) is 0 Å². The Hall–Kier alpha value is -0.970. The molecule has 2 aromatic carbocycles. The molecule has 0 saturated carbocycles. The number of thioether (sulfide) groups is 1. The van der Waals surface area contributed by atoms with E-state index in [2.05, 4.69) is 65.6 Å². The number of halogens is 1. The maximum Gasteiger partial charge on any atom is 0.141 e. The molecule has 0 aliphatic heterocycles. The summed E-state index contributed by atoms with van der Waals surface area (Å²) in [5.74, 6) is 1.68. The van der Waals surface area contributed by atoms with Crippen LogP contribution in [0.4, 0.5) is 0 Å². The number of hydrogen-bond donors (Lipinski definition) is 1. The highest BCUT2D eigenvalue weighted by molar-refractivity contribution is 9.10. The minimum atomic E-state index is 0.334. The molecule has 0 aliphatic rings. The average Bonchev–Trinajstić information content (AvgIpc) is 2.50. The van der Waals surface area contributed by atoms with Crippen LogP contribution in [-0.4, -0.2) is 12.8 Å². The van der Waals surface area contributed by atoms with Gasteiger partial charge in [0.15, 0.2) is 0 Å². The van der Waals surface area contributed by atoms with Gasteiger partial charge in [0.25, 0.3) is 0 Å². The highest BCUT2D eigenvalue weighted by Crippen LogP contribution is 2.32. The summed E-state index contributed by atoms with van der Waals surface area (Å²) < 4.78 is 6.90. The zero-order valence-electron chi connectivity index (χ0n) is 12.5. The van der Waals surface area contributed by atoms with Gasteiger partial charge in [-0.25, -0.2) is 0 Å². The van der Waals surface area contributed by atoms with Crippen molar-refractivity contribution in [3.05, 3.63) is 52.5 Å². The molecular formula is C17H20BrNOS. The molecule has 2 aromatic rings. The van der Waals surface area contributed by atoms with Crippen LogP contribution in [0.1, 0.15) is 25.5 Å². The van der Waals surface area contributed by atoms with E-state index in [1.54, 1.807) is 11.8 Å². The van der Waals surface area contributed by atoms with Crippen LogP contribution in [0.15, 0.2) is 51.8 Å². The first-order valence-electron chi connectivity index (χ1n) is 6.98. The summed E-state index contributed by atoms with van der Waals surface area (Å²) in [6.07, 6.45) is 2.07. The predicted octanol–water partition coefficient (Wildman–Crippen LogP) is 5.63. The molecule has 0 amide bonds. The van der Waals surface area contributed by atoms with Gasteiger partial charge in [-0.1, -0.05) is 13.0 Å². The second-order valence-electron chi connectivity index (χ2n) is 4.75. The van der Waals surface area contributed by atoms with E-state index in [1.165, 1.54) is 10.5 Å². The minimum absolute atomic E-state index is 0.334. The van der Waals surface area contributed by atoms with Crippen LogP contribution in [-0.2, 0) is 0 Å². The summed E-state index contributed by atoms with van der Waals surface area (Å²) in [4.78, 5) is 1.23. The molecule has 0 aliphatic carbocycles. The van der Waals surface area contributed by atoms with E-state index < -0.39 is 0 Å². The smallest absolute Gasteiger partial charge is 0.141 e. The second-order valence-corrected chi connectivity index (χ2v) is 6.48. The maximum atomic E-state index is 5.93. The van der Waals surface area contributed by atoms with Gasteiger partial charge in [-0.05, 0) is 77.6 Å². The van der Waals surface area contributed by atoms with E-state index in [-0.39, 0.29) is 0 Å². The molecule has 0 spiro atoms. The molecule has 112 valence electrons. The first kappa shape index (κ1) is 16.4. The van der Waals surface area contributed by atoms with Gasteiger partial charge in [0, 0.05) is 10.9 Å². The lowest BCUT2D eigenvalue weighted by Crippen LogP contribution is -2.17. The van der Waals surface area contributed by atoms with Gasteiger partial charge < -0.3 is 10.1 Å². The lowest BCUT2D eigenvalue weighted by atomic mass is 10.1. The highest BCUT2D eigenvalue weighted by atomic mass is 79.9. The minimum Gasteiger partial charge on any atom is -0.456 e. The van der Waals surface area contributed by atoms with Crippen LogP contribution in [0.25, 0.3) is 0 Å². The van der Waals surface area contributed by atoms with E-state index in [9.17, 15) is 0 Å². The van der Waals surface area contributed by atoms with Crippen molar-refractivity contribution in [3.8, 4) is 11.5 Å². The molecule has 1 N–H and O–H groups in total. The predicted molar refractivity (Wildman–Crippen MR) is 94.5 cm³/mol. The fraction of sp³-hybridized carbons (Fsp3) is 0.294. The Morgan fingerprint density at radius 3 is 2.48 bits per heavy atom. The zero-order chi connectivity index (χ0) is 15.2. The lowest BCUT2D eigenvalue weighted by molar-refractivity contribution is 0.478. The number of rotatable bonds is 6. The molecule has 2 nitrogen and oxygen atoms in total. The van der Waals surface area contributed by atoms with Gasteiger partial charge in [0.2, 0.25) is 0 Å². The van der Waals surface area contributed by atoms with E-state index in [1.807, 2.05) is 18.2 Å². The number of nitrogens with one attached hydrogen (secondary N) is 1. The fourth-order valence-electron chi connectivity index (χ4n) is 2.06. The summed E-state index contributed by atoms with van der Waals surface area (Å²) in [6.45, 7) is 5.23. The maximum absolute atomic E-state index is 5.93. The largest absolute Gasteiger partial charge is 0.456 e. The molecule has 0 bridgehead atoms. The third-order valence-corrected chi connectivity index (χ3v) is 4.62. The Kier molecular flexibility index (Phi) is 6.15. The SMILES string of the molecule is CCNC(C)c1ccc(Oc2ccc(SC)cc2)c(Br)c1. The topological polar surface area (TPSA) is 21.3 Å². The normalized spacial score (nSPS) is 12.2. The molecule has 0 aromatic heterocycles. The summed E-state index contributed by atoms with van der Waals surface area (Å²) in [5, 5.41) is 3.41. The quantitative estimate of drug-likeness (QED) is 0.669. The van der Waals surface area contributed by atoms with Crippen molar-refractivity contribution in [1.82, 2.24) is 5.32 Å². The van der Waals surface area contributed by atoms with Crippen molar-refractivity contribution in [3.63, 3.8) is 0 Å². The number of hydrogen-bond acceptors (Lipinski definition) is 3. The van der Waals surface area contributed by atoms with Gasteiger partial charge >= 0.3 is 0 Å². The third-order valence-electron chi connectivity index (χ3n) is 3.25. The Morgan fingerprint density at radius 2 is 1.90 bits per heavy atom. The number of ether oxygens (including phenoxy) is 1. The number of benzene rings is 2. The van der Waals surface area contributed by atoms with Crippen molar-refractivity contribution in [2.24, 2.45) is 0 Å². The monoisotopic (exact) mass is 365 g/mol. The molecular weight excluding hydrogens is 346 g/mol. The molecule has 2 rings (SSSR count). The van der Waals surface area contributed by atoms with E-state index >= 15 is 0 Å². The Labute approximate surface area is 139 Å². The summed E-state index contributed by atoms with van der Waals surface area (Å²) in [5.41, 5.74) is 1.24. The molecule has 0 heterocycles. The molecule has 21 heavy (non-hydrogen) atoms. The first-order chi connectivity index (χ1) is 10.1. The Bertz CT molecular complexity index is 586. The first-order valence-corrected chi connectivity index (χ1v) is 9.00. The second kappa shape index (κ2) is 7.87. The molecule has 0 fully saturated rings. The van der Waals surface area contributed by atoms with Crippen LogP contribution in [0.2, 0.25) is 0 Å². The summed E-state index contributed by atoms with van der Waals surface area (Å²) >= 11 is 5.32. The molecule has 4 heteroatoms. The summed E-state index contributed by atoms with van der Waals surface area (Å²) in [6, 6.07) is 14.7. The van der Waals surface area contributed by atoms with Crippen LogP contribution >= 0.6 is 27.7 Å².